The van der Waals surface area contributed by atoms with Crippen LogP contribution in [-0.4, -0.2) is 16.0 Å². The number of rotatable bonds is 3. The molecule has 0 saturated heterocycles. The molecule has 0 aromatic heterocycles. The van der Waals surface area contributed by atoms with Gasteiger partial charge in [0.1, 0.15) is 5.82 Å². The zero-order chi connectivity index (χ0) is 12.3. The molecule has 1 aromatic carbocycles. The number of nitrogens with zero attached hydrogens (tertiary/aromatic N) is 1. The average molecular weight is 225 g/mol. The number of carbonyl (C=O) groups is 1. The highest BCUT2D eigenvalue weighted by Gasteiger charge is 2.13. The van der Waals surface area contributed by atoms with Crippen LogP contribution in [0.5, 0.6) is 0 Å². The second kappa shape index (κ2) is 4.52. The SMILES string of the molecule is Cc1cc(F)c(C=CC(=O)O)cc1[N+](=O)[O-]. The summed E-state index contributed by atoms with van der Waals surface area (Å²) in [6, 6.07) is 2.00. The second-order valence-corrected chi connectivity index (χ2v) is 3.09. The second-order valence-electron chi connectivity index (χ2n) is 3.09. The molecule has 1 rings (SSSR count). The smallest absolute Gasteiger partial charge is 0.328 e. The number of benzene rings is 1. The van der Waals surface area contributed by atoms with Gasteiger partial charge in [-0.3, -0.25) is 10.1 Å². The molecule has 0 atom stereocenters. The third-order valence-electron chi connectivity index (χ3n) is 1.92. The number of halogens is 1. The minimum Gasteiger partial charge on any atom is -0.478 e. The Morgan fingerprint density at radius 2 is 2.19 bits per heavy atom. The summed E-state index contributed by atoms with van der Waals surface area (Å²) >= 11 is 0. The van der Waals surface area contributed by atoms with Crippen LogP contribution in [0.1, 0.15) is 11.1 Å². The Hall–Kier alpha value is -2.24. The lowest BCUT2D eigenvalue weighted by atomic mass is 10.1. The van der Waals surface area contributed by atoms with Gasteiger partial charge in [-0.2, -0.15) is 0 Å². The molecule has 0 fully saturated rings. The van der Waals surface area contributed by atoms with Gasteiger partial charge < -0.3 is 5.11 Å². The van der Waals surface area contributed by atoms with E-state index >= 15 is 0 Å². The predicted octanol–water partition coefficient (Wildman–Crippen LogP) is 2.14. The molecule has 0 aliphatic carbocycles. The molecule has 0 heterocycles. The van der Waals surface area contributed by atoms with Crippen molar-refractivity contribution in [2.45, 2.75) is 6.92 Å². The minimum atomic E-state index is -1.25. The van der Waals surface area contributed by atoms with Crippen molar-refractivity contribution in [3.63, 3.8) is 0 Å². The zero-order valence-corrected chi connectivity index (χ0v) is 8.31. The number of nitro benzene ring substituents is 1. The van der Waals surface area contributed by atoms with E-state index in [-0.39, 0.29) is 16.8 Å². The van der Waals surface area contributed by atoms with Crippen LogP contribution in [0.25, 0.3) is 6.08 Å². The highest BCUT2D eigenvalue weighted by Crippen LogP contribution is 2.22. The topological polar surface area (TPSA) is 80.4 Å². The first-order chi connectivity index (χ1) is 7.41. The molecule has 16 heavy (non-hydrogen) atoms. The normalized spacial score (nSPS) is 10.6. The van der Waals surface area contributed by atoms with Gasteiger partial charge in [0, 0.05) is 23.3 Å². The molecule has 0 saturated carbocycles. The van der Waals surface area contributed by atoms with Crippen molar-refractivity contribution in [1.29, 1.82) is 0 Å². The summed E-state index contributed by atoms with van der Waals surface area (Å²) < 4.78 is 13.3. The molecule has 0 bridgehead atoms. The van der Waals surface area contributed by atoms with Gasteiger partial charge in [0.2, 0.25) is 0 Å². The van der Waals surface area contributed by atoms with E-state index in [0.29, 0.717) is 0 Å². The molecular weight excluding hydrogens is 217 g/mol. The molecule has 0 aliphatic heterocycles. The van der Waals surface area contributed by atoms with Crippen LogP contribution in [0, 0.1) is 22.9 Å². The summed E-state index contributed by atoms with van der Waals surface area (Å²) in [4.78, 5) is 20.1. The van der Waals surface area contributed by atoms with Crippen molar-refractivity contribution in [3.8, 4) is 0 Å². The first-order valence-electron chi connectivity index (χ1n) is 4.27. The lowest BCUT2D eigenvalue weighted by Crippen LogP contribution is -1.95. The molecule has 0 aliphatic rings. The van der Waals surface area contributed by atoms with E-state index < -0.39 is 16.7 Å². The van der Waals surface area contributed by atoms with Gasteiger partial charge in [-0.05, 0) is 19.1 Å². The first kappa shape index (κ1) is 11.8. The van der Waals surface area contributed by atoms with Crippen molar-refractivity contribution in [2.24, 2.45) is 0 Å². The number of hydrogen-bond donors (Lipinski definition) is 1. The zero-order valence-electron chi connectivity index (χ0n) is 8.31. The number of nitro groups is 1. The monoisotopic (exact) mass is 225 g/mol. The Morgan fingerprint density at radius 3 is 2.69 bits per heavy atom. The highest BCUT2D eigenvalue weighted by atomic mass is 19.1. The third kappa shape index (κ3) is 2.63. The highest BCUT2D eigenvalue weighted by molar-refractivity contribution is 5.85. The summed E-state index contributed by atoms with van der Waals surface area (Å²) in [5.74, 6) is -1.94. The van der Waals surface area contributed by atoms with E-state index in [1.807, 2.05) is 0 Å². The lowest BCUT2D eigenvalue weighted by molar-refractivity contribution is -0.385. The van der Waals surface area contributed by atoms with Crippen molar-refractivity contribution in [3.05, 3.63) is 45.3 Å². The summed E-state index contributed by atoms with van der Waals surface area (Å²) in [6.45, 7) is 1.41. The number of hydrogen-bond acceptors (Lipinski definition) is 3. The Morgan fingerprint density at radius 1 is 1.56 bits per heavy atom. The van der Waals surface area contributed by atoms with Gasteiger partial charge in [-0.15, -0.1) is 0 Å². The Bertz CT molecular complexity index is 482. The molecule has 0 radical (unpaired) electrons. The van der Waals surface area contributed by atoms with Gasteiger partial charge >= 0.3 is 5.97 Å². The number of carboxylic acids is 1. The molecule has 5 nitrogen and oxygen atoms in total. The fraction of sp³-hybridized carbons (Fsp3) is 0.100. The Balaban J connectivity index is 3.25. The summed E-state index contributed by atoms with van der Waals surface area (Å²) in [7, 11) is 0. The maximum Gasteiger partial charge on any atom is 0.328 e. The lowest BCUT2D eigenvalue weighted by Gasteiger charge is -2.00. The van der Waals surface area contributed by atoms with E-state index in [4.69, 9.17) is 5.11 Å². The molecular formula is C10H8FNO4. The van der Waals surface area contributed by atoms with Crippen molar-refractivity contribution in [1.82, 2.24) is 0 Å². The van der Waals surface area contributed by atoms with E-state index in [1.54, 1.807) is 0 Å². The number of aryl methyl sites for hydroxylation is 1. The molecule has 1 aromatic rings. The quantitative estimate of drug-likeness (QED) is 0.485. The van der Waals surface area contributed by atoms with Gasteiger partial charge in [0.25, 0.3) is 5.69 Å². The van der Waals surface area contributed by atoms with Crippen LogP contribution in [0.2, 0.25) is 0 Å². The van der Waals surface area contributed by atoms with Crippen LogP contribution < -0.4 is 0 Å². The average Bonchev–Trinajstić information content (AvgIpc) is 2.15. The standard InChI is InChI=1S/C10H8FNO4/c1-6-4-8(11)7(2-3-10(13)14)5-9(6)12(15)16/h2-5H,1H3,(H,13,14). The van der Waals surface area contributed by atoms with E-state index in [1.165, 1.54) is 6.92 Å². The van der Waals surface area contributed by atoms with Crippen LogP contribution >= 0.6 is 0 Å². The van der Waals surface area contributed by atoms with Crippen molar-refractivity contribution >= 4 is 17.7 Å². The molecule has 1 N–H and O–H groups in total. The third-order valence-corrected chi connectivity index (χ3v) is 1.92. The Kier molecular flexibility index (Phi) is 3.34. The van der Waals surface area contributed by atoms with E-state index in [0.717, 1.165) is 24.3 Å². The Labute approximate surface area is 90.0 Å². The van der Waals surface area contributed by atoms with Crippen LogP contribution in [-0.2, 0) is 4.79 Å². The molecule has 0 unspecified atom stereocenters. The van der Waals surface area contributed by atoms with Crippen LogP contribution in [0.4, 0.5) is 10.1 Å². The van der Waals surface area contributed by atoms with Crippen LogP contribution in [0.3, 0.4) is 0 Å². The van der Waals surface area contributed by atoms with Crippen molar-refractivity contribution < 1.29 is 19.2 Å². The summed E-state index contributed by atoms with van der Waals surface area (Å²) in [6.07, 6.45) is 1.70. The maximum absolute atomic E-state index is 13.3. The molecule has 0 spiro atoms. The summed E-state index contributed by atoms with van der Waals surface area (Å²) in [5, 5.41) is 18.9. The molecule has 0 amide bonds. The number of aliphatic carboxylic acids is 1. The minimum absolute atomic E-state index is 0.125. The molecule has 84 valence electrons. The largest absolute Gasteiger partial charge is 0.478 e. The van der Waals surface area contributed by atoms with Gasteiger partial charge in [-0.25, -0.2) is 9.18 Å². The molecule has 6 heteroatoms. The fourth-order valence-corrected chi connectivity index (χ4v) is 1.16. The van der Waals surface area contributed by atoms with E-state index in [9.17, 15) is 19.3 Å². The van der Waals surface area contributed by atoms with Gasteiger partial charge in [-0.1, -0.05) is 0 Å². The maximum atomic E-state index is 13.3. The van der Waals surface area contributed by atoms with Crippen LogP contribution in [0.15, 0.2) is 18.2 Å². The summed E-state index contributed by atoms with van der Waals surface area (Å²) in [5.41, 5.74) is -0.180. The fourth-order valence-electron chi connectivity index (χ4n) is 1.16. The number of carboxylic acid groups (broad SMARTS) is 1. The predicted molar refractivity (Wildman–Crippen MR) is 54.5 cm³/mol. The van der Waals surface area contributed by atoms with Crippen molar-refractivity contribution in [2.75, 3.05) is 0 Å². The van der Waals surface area contributed by atoms with Gasteiger partial charge in [0.15, 0.2) is 0 Å². The van der Waals surface area contributed by atoms with Gasteiger partial charge in [0.05, 0.1) is 4.92 Å². The first-order valence-corrected chi connectivity index (χ1v) is 4.27. The van der Waals surface area contributed by atoms with E-state index in [2.05, 4.69) is 0 Å².